The van der Waals surface area contributed by atoms with E-state index < -0.39 is 31.5 Å². The Kier molecular flexibility index (Phi) is 9.54. The Morgan fingerprint density at radius 3 is 1.77 bits per heavy atom. The molecule has 0 bridgehead atoms. The molecule has 4 aromatic rings. The Labute approximate surface area is 281 Å². The van der Waals surface area contributed by atoms with Crippen LogP contribution in [0, 0.1) is 0 Å². The summed E-state index contributed by atoms with van der Waals surface area (Å²) in [4.78, 5) is 29.2. The zero-order valence-corrected chi connectivity index (χ0v) is 29.9. The molecule has 5 rings (SSSR count). The van der Waals surface area contributed by atoms with Gasteiger partial charge in [-0.1, -0.05) is 124 Å². The van der Waals surface area contributed by atoms with E-state index in [1.807, 2.05) is 82.3 Å². The summed E-state index contributed by atoms with van der Waals surface area (Å²) in [5.41, 5.74) is 0.114. The largest absolute Gasteiger partial charge is 0.534 e. The van der Waals surface area contributed by atoms with Crippen LogP contribution in [0.15, 0.2) is 115 Å². The fourth-order valence-corrected chi connectivity index (χ4v) is 11.3. The molecule has 47 heavy (non-hydrogen) atoms. The highest BCUT2D eigenvalue weighted by Crippen LogP contribution is 2.39. The molecule has 0 spiro atoms. The number of hydrogen-bond donors (Lipinski definition) is 1. The van der Waals surface area contributed by atoms with Crippen LogP contribution in [0.5, 0.6) is 5.75 Å². The van der Waals surface area contributed by atoms with Crippen LogP contribution in [-0.4, -0.2) is 42.9 Å². The predicted molar refractivity (Wildman–Crippen MR) is 191 cm³/mol. The zero-order chi connectivity index (χ0) is 34.0. The normalized spacial score (nSPS) is 19.4. The number of hydrogen-bond acceptors (Lipinski definition) is 5. The Morgan fingerprint density at radius 2 is 1.30 bits per heavy atom. The molecular weight excluding hydrogens is 601 g/mol. The topological polar surface area (TPSA) is 67.9 Å². The molecule has 6 nitrogen and oxygen atoms in total. The van der Waals surface area contributed by atoms with Gasteiger partial charge in [-0.05, 0) is 73.3 Å². The summed E-state index contributed by atoms with van der Waals surface area (Å²) in [7, 11) is -2.80. The minimum absolute atomic E-state index is 0.151. The van der Waals surface area contributed by atoms with Gasteiger partial charge in [0, 0.05) is 6.42 Å². The fourth-order valence-electron chi connectivity index (χ4n) is 6.86. The van der Waals surface area contributed by atoms with Gasteiger partial charge in [-0.2, -0.15) is 0 Å². The number of rotatable bonds is 9. The summed E-state index contributed by atoms with van der Waals surface area (Å²) >= 11 is 0. The first-order chi connectivity index (χ1) is 22.2. The average molecular weight is 649 g/mol. The Morgan fingerprint density at radius 1 is 0.809 bits per heavy atom. The van der Waals surface area contributed by atoms with E-state index >= 15 is 0 Å². The van der Waals surface area contributed by atoms with E-state index in [4.69, 9.17) is 9.16 Å². The summed E-state index contributed by atoms with van der Waals surface area (Å²) in [5.74, 6) is 0.214. The number of esters is 1. The smallest absolute Gasteiger partial charge is 0.329 e. The van der Waals surface area contributed by atoms with Gasteiger partial charge in [-0.15, -0.1) is 0 Å². The lowest BCUT2D eigenvalue weighted by Crippen LogP contribution is -2.68. The molecule has 0 radical (unpaired) electrons. The van der Waals surface area contributed by atoms with Crippen molar-refractivity contribution < 1.29 is 18.8 Å². The van der Waals surface area contributed by atoms with E-state index in [-0.39, 0.29) is 17.1 Å². The Balaban J connectivity index is 1.50. The van der Waals surface area contributed by atoms with Crippen LogP contribution >= 0.6 is 0 Å². The molecule has 1 aliphatic heterocycles. The van der Waals surface area contributed by atoms with Gasteiger partial charge in [-0.25, -0.2) is 4.79 Å². The highest BCUT2D eigenvalue weighted by molar-refractivity contribution is 7.00. The van der Waals surface area contributed by atoms with Gasteiger partial charge in [0.15, 0.2) is 0 Å². The minimum atomic E-state index is -2.80. The molecule has 4 aromatic carbocycles. The van der Waals surface area contributed by atoms with Crippen LogP contribution in [0.4, 0.5) is 0 Å². The Bertz CT molecular complexity index is 1630. The van der Waals surface area contributed by atoms with E-state index in [9.17, 15) is 9.59 Å². The van der Waals surface area contributed by atoms with E-state index in [1.54, 1.807) is 11.8 Å². The van der Waals surface area contributed by atoms with Gasteiger partial charge < -0.3 is 14.1 Å². The molecule has 1 N–H and O–H groups in total. The molecule has 0 aromatic heterocycles. The molecule has 0 saturated carbocycles. The summed E-state index contributed by atoms with van der Waals surface area (Å²) in [6, 6.07) is 38.3. The second-order valence-corrected chi connectivity index (χ2v) is 18.8. The van der Waals surface area contributed by atoms with Crippen LogP contribution in [0.1, 0.15) is 66.5 Å². The lowest BCUT2D eigenvalue weighted by molar-refractivity contribution is -0.164. The van der Waals surface area contributed by atoms with Crippen molar-refractivity contribution in [2.24, 2.45) is 0 Å². The summed E-state index contributed by atoms with van der Waals surface area (Å²) in [6.45, 7) is 16.0. The third-order valence-electron chi connectivity index (χ3n) is 8.98. The number of nitrogens with one attached hydrogen (secondary N) is 1. The van der Waals surface area contributed by atoms with Crippen molar-refractivity contribution in [3.63, 3.8) is 0 Å². The van der Waals surface area contributed by atoms with E-state index in [0.29, 0.717) is 6.42 Å². The van der Waals surface area contributed by atoms with Crippen molar-refractivity contribution in [1.29, 1.82) is 0 Å². The van der Waals surface area contributed by atoms with E-state index in [1.165, 1.54) is 10.4 Å². The highest BCUT2D eigenvalue weighted by Gasteiger charge is 2.54. The molecule has 1 fully saturated rings. The maximum absolute atomic E-state index is 14.5. The Hall–Kier alpha value is -4.20. The number of benzene rings is 4. The first kappa shape index (κ1) is 34.1. The fraction of sp³-hybridized carbons (Fsp3) is 0.350. The van der Waals surface area contributed by atoms with Gasteiger partial charge in [0.25, 0.3) is 0 Å². The maximum Gasteiger partial charge on any atom is 0.329 e. The third-order valence-corrected chi connectivity index (χ3v) is 13.9. The molecule has 1 aliphatic rings. The van der Waals surface area contributed by atoms with Crippen molar-refractivity contribution in [1.82, 2.24) is 10.2 Å². The third kappa shape index (κ3) is 6.78. The van der Waals surface area contributed by atoms with Crippen LogP contribution in [0.2, 0.25) is 5.04 Å². The molecule has 7 heteroatoms. The predicted octanol–water partition coefficient (Wildman–Crippen LogP) is 6.57. The van der Waals surface area contributed by atoms with Crippen molar-refractivity contribution in [3.8, 4) is 5.75 Å². The molecule has 0 aliphatic carbocycles. The SMILES string of the molecule is CC1NC(Cc2ccc(O[Si](c3ccccc3)(c3ccccc3)C(C)(C)C)cc2)(c2ccccc2)C(=O)N1C(C)C(=O)OC(C)(C)C. The number of ether oxygens (including phenoxy) is 1. The monoisotopic (exact) mass is 648 g/mol. The summed E-state index contributed by atoms with van der Waals surface area (Å²) in [5, 5.41) is 5.84. The average Bonchev–Trinajstić information content (AvgIpc) is 3.29. The number of nitrogens with zero attached hydrogens (tertiary/aromatic N) is 1. The minimum Gasteiger partial charge on any atom is -0.534 e. The van der Waals surface area contributed by atoms with E-state index in [2.05, 4.69) is 86.8 Å². The number of carbonyl (C=O) groups is 2. The molecule has 1 amide bonds. The van der Waals surface area contributed by atoms with Crippen molar-refractivity contribution >= 4 is 30.6 Å². The molecule has 1 heterocycles. The summed E-state index contributed by atoms with van der Waals surface area (Å²) in [6.07, 6.45) is 0.0139. The zero-order valence-electron chi connectivity index (χ0n) is 28.9. The van der Waals surface area contributed by atoms with Crippen LogP contribution < -0.4 is 20.1 Å². The maximum atomic E-state index is 14.5. The van der Waals surface area contributed by atoms with Crippen molar-refractivity contribution in [2.75, 3.05) is 0 Å². The lowest BCUT2D eigenvalue weighted by Gasteiger charge is -2.43. The van der Waals surface area contributed by atoms with Gasteiger partial charge in [0.1, 0.15) is 22.9 Å². The number of carbonyl (C=O) groups excluding carboxylic acids is 2. The highest BCUT2D eigenvalue weighted by atomic mass is 28.4. The second-order valence-electron chi connectivity index (χ2n) is 14.6. The van der Waals surface area contributed by atoms with Gasteiger partial charge in [0.05, 0.1) is 6.17 Å². The first-order valence-electron chi connectivity index (χ1n) is 16.5. The van der Waals surface area contributed by atoms with Gasteiger partial charge >= 0.3 is 14.3 Å². The molecule has 1 saturated heterocycles. The van der Waals surface area contributed by atoms with Crippen LogP contribution in [0.25, 0.3) is 0 Å². The standard InChI is InChI=1S/C40H48N2O4Si/c1-29(36(43)45-38(3,4)5)42-30(2)41-40(37(42)44,32-18-12-9-13-19-32)28-31-24-26-33(27-25-31)46-47(39(6,7)8,34-20-14-10-15-21-34)35-22-16-11-17-23-35/h9-27,29-30,41H,28H2,1-8H3. The second kappa shape index (κ2) is 13.1. The molecule has 246 valence electrons. The van der Waals surface area contributed by atoms with Crippen molar-refractivity contribution in [2.45, 2.75) is 90.2 Å². The van der Waals surface area contributed by atoms with Gasteiger partial charge in [0.2, 0.25) is 5.91 Å². The van der Waals surface area contributed by atoms with Gasteiger partial charge in [-0.3, -0.25) is 10.1 Å². The van der Waals surface area contributed by atoms with Crippen LogP contribution in [0.3, 0.4) is 0 Å². The van der Waals surface area contributed by atoms with E-state index in [0.717, 1.165) is 16.9 Å². The molecule has 3 atom stereocenters. The quantitative estimate of drug-likeness (QED) is 0.164. The summed E-state index contributed by atoms with van der Waals surface area (Å²) < 4.78 is 12.9. The van der Waals surface area contributed by atoms with Crippen molar-refractivity contribution in [3.05, 3.63) is 126 Å². The molecular formula is C40H48N2O4Si. The molecule has 3 unspecified atom stereocenters. The van der Waals surface area contributed by atoms with Crippen LogP contribution in [-0.2, 0) is 26.3 Å². The first-order valence-corrected chi connectivity index (χ1v) is 18.4. The lowest BCUT2D eigenvalue weighted by atomic mass is 9.83. The number of amides is 1.